The van der Waals surface area contributed by atoms with Crippen molar-refractivity contribution in [3.8, 4) is 6.07 Å². The summed E-state index contributed by atoms with van der Waals surface area (Å²) in [7, 11) is 0. The number of nitrogens with zero attached hydrogens (tertiary/aromatic N) is 3. The molecule has 0 radical (unpaired) electrons. The van der Waals surface area contributed by atoms with E-state index >= 15 is 0 Å². The van der Waals surface area contributed by atoms with Crippen molar-refractivity contribution in [2.75, 3.05) is 0 Å². The number of carbonyl (C=O) groups is 1. The van der Waals surface area contributed by atoms with Gasteiger partial charge in [-0.1, -0.05) is 0 Å². The van der Waals surface area contributed by atoms with Gasteiger partial charge in [0.1, 0.15) is 11.7 Å². The number of ether oxygens (including phenoxy) is 1. The molecular weight excluding hydrogens is 278 g/mol. The van der Waals surface area contributed by atoms with Crippen LogP contribution in [0.5, 0.6) is 0 Å². The van der Waals surface area contributed by atoms with Gasteiger partial charge in [-0.15, -0.1) is 0 Å². The highest BCUT2D eigenvalue weighted by Crippen LogP contribution is 2.35. The number of benzene rings is 1. The molecule has 0 bridgehead atoms. The van der Waals surface area contributed by atoms with E-state index in [0.29, 0.717) is 17.4 Å². The Labute approximate surface area is 129 Å². The van der Waals surface area contributed by atoms with Crippen molar-refractivity contribution in [2.24, 2.45) is 0 Å². The molecule has 1 aliphatic rings. The highest BCUT2D eigenvalue weighted by Gasteiger charge is 2.25. The van der Waals surface area contributed by atoms with Gasteiger partial charge in [-0.2, -0.15) is 5.26 Å². The summed E-state index contributed by atoms with van der Waals surface area (Å²) in [5.41, 5.74) is 1.55. The zero-order valence-electron chi connectivity index (χ0n) is 13.1. The molecule has 3 rings (SSSR count). The summed E-state index contributed by atoms with van der Waals surface area (Å²) in [6.45, 7) is 5.53. The van der Waals surface area contributed by atoms with Crippen LogP contribution >= 0.6 is 0 Å². The minimum absolute atomic E-state index is 0.313. The van der Waals surface area contributed by atoms with Gasteiger partial charge in [-0.3, -0.25) is 0 Å². The van der Waals surface area contributed by atoms with Crippen molar-refractivity contribution in [1.82, 2.24) is 9.55 Å². The molecule has 114 valence electrons. The molecule has 5 heteroatoms. The molecule has 0 saturated heterocycles. The lowest BCUT2D eigenvalue weighted by atomic mass is 9.92. The number of rotatable bonds is 2. The van der Waals surface area contributed by atoms with Gasteiger partial charge in [0, 0.05) is 6.04 Å². The van der Waals surface area contributed by atoms with Crippen molar-refractivity contribution < 1.29 is 9.53 Å². The third-order valence-corrected chi connectivity index (χ3v) is 3.86. The molecule has 2 aromatic rings. The largest absolute Gasteiger partial charge is 0.456 e. The second-order valence-electron chi connectivity index (χ2n) is 6.71. The Morgan fingerprint density at radius 1 is 1.41 bits per heavy atom. The Balaban J connectivity index is 2.05. The Morgan fingerprint density at radius 2 is 2.14 bits per heavy atom. The maximum Gasteiger partial charge on any atom is 0.338 e. The molecule has 5 nitrogen and oxygen atoms in total. The second kappa shape index (κ2) is 5.13. The fourth-order valence-electron chi connectivity index (χ4n) is 2.65. The van der Waals surface area contributed by atoms with E-state index in [1.54, 1.807) is 18.2 Å². The first kappa shape index (κ1) is 14.6. The summed E-state index contributed by atoms with van der Waals surface area (Å²) in [6.07, 6.45) is 3.27. The summed E-state index contributed by atoms with van der Waals surface area (Å²) in [5, 5.41) is 9.29. The van der Waals surface area contributed by atoms with E-state index in [0.717, 1.165) is 23.9 Å². The second-order valence-corrected chi connectivity index (χ2v) is 6.71. The van der Waals surface area contributed by atoms with Gasteiger partial charge in [0.25, 0.3) is 0 Å². The minimum Gasteiger partial charge on any atom is -0.456 e. The molecule has 0 amide bonds. The van der Waals surface area contributed by atoms with Crippen LogP contribution in [0.3, 0.4) is 0 Å². The van der Waals surface area contributed by atoms with Crippen LogP contribution in [0.1, 0.15) is 62.3 Å². The van der Waals surface area contributed by atoms with Gasteiger partial charge in [0.05, 0.1) is 16.6 Å². The fraction of sp³-hybridized carbons (Fsp3) is 0.471. The third kappa shape index (κ3) is 2.57. The maximum atomic E-state index is 12.2. The van der Waals surface area contributed by atoms with Gasteiger partial charge in [-0.25, -0.2) is 9.78 Å². The van der Waals surface area contributed by atoms with Gasteiger partial charge in [0.2, 0.25) is 5.82 Å². The average molecular weight is 297 g/mol. The van der Waals surface area contributed by atoms with E-state index in [1.165, 1.54) is 6.42 Å². The first-order chi connectivity index (χ1) is 10.4. The minimum atomic E-state index is -0.530. The van der Waals surface area contributed by atoms with Crippen molar-refractivity contribution in [3.63, 3.8) is 0 Å². The SMILES string of the molecule is CC(C)(C)OC(=O)c1ccc2nc(C#N)n(C3CCC3)c2c1. The number of aromatic nitrogens is 2. The fourth-order valence-corrected chi connectivity index (χ4v) is 2.65. The zero-order chi connectivity index (χ0) is 15.9. The summed E-state index contributed by atoms with van der Waals surface area (Å²) >= 11 is 0. The molecule has 0 aliphatic heterocycles. The average Bonchev–Trinajstić information content (AvgIpc) is 2.73. The Bertz CT molecular complexity index is 774. The van der Waals surface area contributed by atoms with Crippen molar-refractivity contribution in [1.29, 1.82) is 5.26 Å². The number of hydrogen-bond acceptors (Lipinski definition) is 4. The van der Waals surface area contributed by atoms with Crippen molar-refractivity contribution in [3.05, 3.63) is 29.6 Å². The van der Waals surface area contributed by atoms with Gasteiger partial charge < -0.3 is 9.30 Å². The van der Waals surface area contributed by atoms with Crippen molar-refractivity contribution >= 4 is 17.0 Å². The number of hydrogen-bond donors (Lipinski definition) is 0. The monoisotopic (exact) mass is 297 g/mol. The maximum absolute atomic E-state index is 12.2. The van der Waals surface area contributed by atoms with Crippen LogP contribution in [0, 0.1) is 11.3 Å². The molecular formula is C17H19N3O2. The molecule has 1 saturated carbocycles. The molecule has 1 heterocycles. The number of esters is 1. The summed E-state index contributed by atoms with van der Waals surface area (Å²) in [4.78, 5) is 16.6. The first-order valence-electron chi connectivity index (χ1n) is 7.54. The molecule has 0 atom stereocenters. The summed E-state index contributed by atoms with van der Waals surface area (Å²) in [6, 6.07) is 7.74. The highest BCUT2D eigenvalue weighted by atomic mass is 16.6. The molecule has 1 aliphatic carbocycles. The normalized spacial score (nSPS) is 15.4. The first-order valence-corrected chi connectivity index (χ1v) is 7.54. The van der Waals surface area contributed by atoms with E-state index in [4.69, 9.17) is 4.74 Å². The topological polar surface area (TPSA) is 67.9 Å². The molecule has 0 unspecified atom stereocenters. The molecule has 1 aromatic carbocycles. The predicted molar refractivity (Wildman–Crippen MR) is 82.5 cm³/mol. The lowest BCUT2D eigenvalue weighted by Gasteiger charge is -2.28. The van der Waals surface area contributed by atoms with Crippen LogP contribution < -0.4 is 0 Å². The van der Waals surface area contributed by atoms with Gasteiger partial charge >= 0.3 is 5.97 Å². The molecule has 1 fully saturated rings. The van der Waals surface area contributed by atoms with Crippen LogP contribution in [0.4, 0.5) is 0 Å². The Kier molecular flexibility index (Phi) is 3.40. The van der Waals surface area contributed by atoms with Gasteiger partial charge in [0.15, 0.2) is 0 Å². The summed E-state index contributed by atoms with van der Waals surface area (Å²) < 4.78 is 7.38. The molecule has 0 spiro atoms. The third-order valence-electron chi connectivity index (χ3n) is 3.86. The number of carbonyl (C=O) groups excluding carboxylic acids is 1. The molecule has 22 heavy (non-hydrogen) atoms. The lowest BCUT2D eigenvalue weighted by molar-refractivity contribution is 0.00696. The standard InChI is InChI=1S/C17H19N3O2/c1-17(2,3)22-16(21)11-7-8-13-14(9-11)20(12-5-4-6-12)15(10-18)19-13/h7-9,12H,4-6H2,1-3H3. The number of nitriles is 1. The van der Waals surface area contributed by atoms with Crippen LogP contribution in [-0.2, 0) is 4.74 Å². The van der Waals surface area contributed by atoms with Crippen LogP contribution in [-0.4, -0.2) is 21.1 Å². The van der Waals surface area contributed by atoms with E-state index < -0.39 is 5.60 Å². The molecule has 0 N–H and O–H groups in total. The van der Waals surface area contributed by atoms with Crippen LogP contribution in [0.15, 0.2) is 18.2 Å². The van der Waals surface area contributed by atoms with Crippen LogP contribution in [0.25, 0.3) is 11.0 Å². The van der Waals surface area contributed by atoms with E-state index in [2.05, 4.69) is 11.1 Å². The quantitative estimate of drug-likeness (QED) is 0.794. The van der Waals surface area contributed by atoms with Gasteiger partial charge in [-0.05, 0) is 58.2 Å². The van der Waals surface area contributed by atoms with E-state index in [9.17, 15) is 10.1 Å². The Morgan fingerprint density at radius 3 is 2.68 bits per heavy atom. The lowest BCUT2D eigenvalue weighted by Crippen LogP contribution is -2.24. The zero-order valence-corrected chi connectivity index (χ0v) is 13.1. The predicted octanol–water partition coefficient (Wildman–Crippen LogP) is 3.59. The number of imidazole rings is 1. The van der Waals surface area contributed by atoms with E-state index in [-0.39, 0.29) is 5.97 Å². The van der Waals surface area contributed by atoms with E-state index in [1.807, 2.05) is 25.3 Å². The molecule has 1 aromatic heterocycles. The Hall–Kier alpha value is -2.35. The van der Waals surface area contributed by atoms with Crippen LogP contribution in [0.2, 0.25) is 0 Å². The highest BCUT2D eigenvalue weighted by molar-refractivity contribution is 5.94. The number of fused-ring (bicyclic) bond motifs is 1. The smallest absolute Gasteiger partial charge is 0.338 e. The summed E-state index contributed by atoms with van der Waals surface area (Å²) in [5.74, 6) is 0.0651. The van der Waals surface area contributed by atoms with Crippen molar-refractivity contribution in [2.45, 2.75) is 51.7 Å².